The summed E-state index contributed by atoms with van der Waals surface area (Å²) >= 11 is 0. The van der Waals surface area contributed by atoms with E-state index in [0.29, 0.717) is 0 Å². The predicted octanol–water partition coefficient (Wildman–Crippen LogP) is 3.68. The molecule has 0 saturated heterocycles. The van der Waals surface area contributed by atoms with Crippen molar-refractivity contribution in [1.29, 1.82) is 0 Å². The third kappa shape index (κ3) is 2.99. The minimum Gasteiger partial charge on any atom is -0.481 e. The van der Waals surface area contributed by atoms with Gasteiger partial charge in [0.2, 0.25) is 0 Å². The summed E-state index contributed by atoms with van der Waals surface area (Å²) in [6.07, 6.45) is 6.60. The maximum atomic E-state index is 11.5. The molecule has 1 fully saturated rings. The summed E-state index contributed by atoms with van der Waals surface area (Å²) in [5, 5.41) is 15.0. The number of carboxylic acids is 1. The van der Waals surface area contributed by atoms with Gasteiger partial charge in [0, 0.05) is 17.6 Å². The number of benzene rings is 1. The fourth-order valence-electron chi connectivity index (χ4n) is 3.19. The Hall–Kier alpha value is -2.10. The number of aromatic nitrogens is 1. The van der Waals surface area contributed by atoms with Crippen LogP contribution in [-0.4, -0.2) is 22.1 Å². The van der Waals surface area contributed by atoms with Gasteiger partial charge in [-0.3, -0.25) is 4.79 Å². The molecule has 1 saturated carbocycles. The number of hydrogen-bond acceptors (Lipinski definition) is 3. The van der Waals surface area contributed by atoms with Crippen molar-refractivity contribution in [3.05, 3.63) is 36.5 Å². The lowest BCUT2D eigenvalue weighted by molar-refractivity contribution is -0.142. The molecule has 110 valence electrons. The fourth-order valence-corrected chi connectivity index (χ4v) is 3.19. The van der Waals surface area contributed by atoms with Crippen LogP contribution in [-0.2, 0) is 4.79 Å². The number of nitrogens with one attached hydrogen (secondary N) is 1. The van der Waals surface area contributed by atoms with E-state index in [1.165, 1.54) is 0 Å². The number of nitrogens with zero attached hydrogens (tertiary/aromatic N) is 1. The van der Waals surface area contributed by atoms with Gasteiger partial charge in [-0.15, -0.1) is 0 Å². The molecule has 4 nitrogen and oxygen atoms in total. The summed E-state index contributed by atoms with van der Waals surface area (Å²) in [6, 6.07) is 9.99. The average molecular weight is 284 g/mol. The van der Waals surface area contributed by atoms with E-state index in [1.54, 1.807) is 6.20 Å². The first-order chi connectivity index (χ1) is 10.3. The lowest BCUT2D eigenvalue weighted by Gasteiger charge is -2.24. The highest BCUT2D eigenvalue weighted by atomic mass is 16.4. The van der Waals surface area contributed by atoms with Crippen LogP contribution in [0.3, 0.4) is 0 Å². The van der Waals surface area contributed by atoms with E-state index >= 15 is 0 Å². The molecule has 1 aromatic heterocycles. The first kappa shape index (κ1) is 13.9. The average Bonchev–Trinajstić information content (AvgIpc) is 2.73. The van der Waals surface area contributed by atoms with E-state index in [0.717, 1.165) is 48.7 Å². The molecule has 2 aromatic rings. The van der Waals surface area contributed by atoms with Gasteiger partial charge in [-0.2, -0.15) is 0 Å². The van der Waals surface area contributed by atoms with Crippen LogP contribution in [0.25, 0.3) is 10.8 Å². The summed E-state index contributed by atoms with van der Waals surface area (Å²) in [7, 11) is 0. The van der Waals surface area contributed by atoms with Crippen LogP contribution in [0.4, 0.5) is 5.82 Å². The van der Waals surface area contributed by atoms with Crippen molar-refractivity contribution in [2.24, 2.45) is 5.92 Å². The zero-order valence-corrected chi connectivity index (χ0v) is 12.0. The van der Waals surface area contributed by atoms with Crippen molar-refractivity contribution in [2.75, 3.05) is 5.32 Å². The smallest absolute Gasteiger partial charge is 0.308 e. The van der Waals surface area contributed by atoms with E-state index in [4.69, 9.17) is 0 Å². The maximum Gasteiger partial charge on any atom is 0.308 e. The number of pyridine rings is 1. The lowest BCUT2D eigenvalue weighted by atomic mass is 9.94. The highest BCUT2D eigenvalue weighted by molar-refractivity contribution is 5.91. The van der Waals surface area contributed by atoms with Crippen LogP contribution in [0.5, 0.6) is 0 Å². The third-order valence-electron chi connectivity index (χ3n) is 4.33. The molecule has 0 aliphatic heterocycles. The molecule has 1 aromatic carbocycles. The van der Waals surface area contributed by atoms with Crippen LogP contribution in [0.15, 0.2) is 36.5 Å². The Kier molecular flexibility index (Phi) is 4.04. The lowest BCUT2D eigenvalue weighted by Crippen LogP contribution is -2.34. The van der Waals surface area contributed by atoms with Gasteiger partial charge in [-0.05, 0) is 24.3 Å². The summed E-state index contributed by atoms with van der Waals surface area (Å²) in [5.41, 5.74) is 0. The molecule has 2 unspecified atom stereocenters. The standard InChI is InChI=1S/C17H20N2O2/c20-17(21)14-8-2-1-3-9-15(14)19-16-13-7-5-4-6-12(13)10-11-18-16/h4-7,10-11,14-15H,1-3,8-9H2,(H,18,19)(H,20,21). The van der Waals surface area contributed by atoms with Crippen molar-refractivity contribution in [3.8, 4) is 0 Å². The number of carbonyl (C=O) groups is 1. The van der Waals surface area contributed by atoms with E-state index in [1.807, 2.05) is 30.3 Å². The molecule has 1 aliphatic carbocycles. The molecule has 21 heavy (non-hydrogen) atoms. The first-order valence-electron chi connectivity index (χ1n) is 7.59. The van der Waals surface area contributed by atoms with Gasteiger partial charge in [0.05, 0.1) is 5.92 Å². The Balaban J connectivity index is 1.90. The topological polar surface area (TPSA) is 62.2 Å². The number of aliphatic carboxylic acids is 1. The molecule has 2 atom stereocenters. The van der Waals surface area contributed by atoms with Crippen molar-refractivity contribution < 1.29 is 9.90 Å². The number of rotatable bonds is 3. The van der Waals surface area contributed by atoms with Crippen molar-refractivity contribution in [1.82, 2.24) is 4.98 Å². The minimum absolute atomic E-state index is 0.0386. The van der Waals surface area contributed by atoms with Crippen molar-refractivity contribution in [3.63, 3.8) is 0 Å². The van der Waals surface area contributed by atoms with Gasteiger partial charge in [0.15, 0.2) is 0 Å². The second kappa shape index (κ2) is 6.12. The summed E-state index contributed by atoms with van der Waals surface area (Å²) in [5.74, 6) is -0.228. The van der Waals surface area contributed by atoms with Crippen LogP contribution in [0.2, 0.25) is 0 Å². The van der Waals surface area contributed by atoms with Crippen LogP contribution >= 0.6 is 0 Å². The van der Waals surface area contributed by atoms with Gasteiger partial charge < -0.3 is 10.4 Å². The van der Waals surface area contributed by atoms with Gasteiger partial charge in [0.1, 0.15) is 5.82 Å². The largest absolute Gasteiger partial charge is 0.481 e. The summed E-state index contributed by atoms with van der Waals surface area (Å²) < 4.78 is 0. The third-order valence-corrected chi connectivity index (χ3v) is 4.33. The Morgan fingerprint density at radius 2 is 1.95 bits per heavy atom. The predicted molar refractivity (Wildman–Crippen MR) is 83.4 cm³/mol. The summed E-state index contributed by atoms with van der Waals surface area (Å²) in [4.78, 5) is 15.9. The molecule has 0 amide bonds. The molecule has 1 heterocycles. The molecule has 0 spiro atoms. The van der Waals surface area contributed by atoms with Crippen LogP contribution in [0.1, 0.15) is 32.1 Å². The number of fused-ring (bicyclic) bond motifs is 1. The molecule has 3 rings (SSSR count). The maximum absolute atomic E-state index is 11.5. The molecule has 4 heteroatoms. The Morgan fingerprint density at radius 3 is 2.81 bits per heavy atom. The van der Waals surface area contributed by atoms with Gasteiger partial charge in [-0.1, -0.05) is 43.5 Å². The Morgan fingerprint density at radius 1 is 1.14 bits per heavy atom. The molecule has 2 N–H and O–H groups in total. The fraction of sp³-hybridized carbons (Fsp3) is 0.412. The minimum atomic E-state index is -0.699. The van der Waals surface area contributed by atoms with E-state index < -0.39 is 5.97 Å². The van der Waals surface area contributed by atoms with E-state index in [2.05, 4.69) is 10.3 Å². The second-order valence-electron chi connectivity index (χ2n) is 5.71. The summed E-state index contributed by atoms with van der Waals surface area (Å²) in [6.45, 7) is 0. The molecular formula is C17H20N2O2. The SMILES string of the molecule is O=C(O)C1CCCCCC1Nc1nccc2ccccc12. The second-order valence-corrected chi connectivity index (χ2v) is 5.71. The monoisotopic (exact) mass is 284 g/mol. The Bertz CT molecular complexity index is 636. The van der Waals surface area contributed by atoms with E-state index in [9.17, 15) is 9.90 Å². The van der Waals surface area contributed by atoms with Crippen LogP contribution in [0, 0.1) is 5.92 Å². The highest BCUT2D eigenvalue weighted by Crippen LogP contribution is 2.28. The van der Waals surface area contributed by atoms with Crippen LogP contribution < -0.4 is 5.32 Å². The molecule has 0 radical (unpaired) electrons. The van der Waals surface area contributed by atoms with Crippen molar-refractivity contribution >= 4 is 22.6 Å². The highest BCUT2D eigenvalue weighted by Gasteiger charge is 2.29. The molecular weight excluding hydrogens is 264 g/mol. The zero-order chi connectivity index (χ0) is 14.7. The zero-order valence-electron chi connectivity index (χ0n) is 12.0. The van der Waals surface area contributed by atoms with Gasteiger partial charge >= 0.3 is 5.97 Å². The first-order valence-corrected chi connectivity index (χ1v) is 7.59. The normalized spacial score (nSPS) is 22.7. The molecule has 1 aliphatic rings. The number of anilines is 1. The quantitative estimate of drug-likeness (QED) is 0.844. The Labute approximate surface area is 124 Å². The van der Waals surface area contributed by atoms with E-state index in [-0.39, 0.29) is 12.0 Å². The van der Waals surface area contributed by atoms with Crippen molar-refractivity contribution in [2.45, 2.75) is 38.1 Å². The van der Waals surface area contributed by atoms with Gasteiger partial charge in [-0.25, -0.2) is 4.98 Å². The molecule has 0 bridgehead atoms. The number of carboxylic acid groups (broad SMARTS) is 1. The number of hydrogen-bond donors (Lipinski definition) is 2. The van der Waals surface area contributed by atoms with Gasteiger partial charge in [0.25, 0.3) is 0 Å².